The number of fused-ring (bicyclic) bond motifs is 1. The van der Waals surface area contributed by atoms with Crippen LogP contribution in [0.4, 0.5) is 0 Å². The topological polar surface area (TPSA) is 30.7 Å². The zero-order valence-corrected chi connectivity index (χ0v) is 13.5. The fraction of sp³-hybridized carbons (Fsp3) is 0.647. The van der Waals surface area contributed by atoms with E-state index >= 15 is 0 Å². The highest BCUT2D eigenvalue weighted by Crippen LogP contribution is 2.50. The molecule has 4 heteroatoms. The Balaban J connectivity index is 1.78. The average Bonchev–Trinajstić information content (AvgIpc) is 3.34. The molecule has 0 aromatic carbocycles. The van der Waals surface area contributed by atoms with Gasteiger partial charge in [-0.05, 0) is 68.9 Å². The zero-order valence-electron chi connectivity index (χ0n) is 12.7. The Morgan fingerprint density at radius 3 is 2.52 bits per heavy atom. The second-order valence-corrected chi connectivity index (χ2v) is 7.49. The summed E-state index contributed by atoms with van der Waals surface area (Å²) in [7, 11) is 0. The molecule has 112 valence electrons. The maximum absolute atomic E-state index is 6.39. The van der Waals surface area contributed by atoms with Gasteiger partial charge in [0, 0.05) is 12.7 Å². The van der Waals surface area contributed by atoms with Gasteiger partial charge >= 0.3 is 0 Å². The van der Waals surface area contributed by atoms with Crippen LogP contribution in [0.2, 0.25) is 0 Å². The summed E-state index contributed by atoms with van der Waals surface area (Å²) in [6.45, 7) is 5.16. The van der Waals surface area contributed by atoms with E-state index in [4.69, 9.17) is 16.6 Å². The molecule has 0 saturated heterocycles. The van der Waals surface area contributed by atoms with Crippen molar-refractivity contribution in [3.63, 3.8) is 0 Å². The van der Waals surface area contributed by atoms with E-state index in [1.165, 1.54) is 31.2 Å². The SMILES string of the molecule is Cc1ccnc2c1nc(C(C)Cl)n2CC(C1CC1)C1CC1. The number of hydrogen-bond acceptors (Lipinski definition) is 2. The largest absolute Gasteiger partial charge is 0.311 e. The fourth-order valence-electron chi connectivity index (χ4n) is 3.58. The molecule has 2 fully saturated rings. The lowest BCUT2D eigenvalue weighted by Crippen LogP contribution is -2.17. The van der Waals surface area contributed by atoms with Gasteiger partial charge in [-0.15, -0.1) is 11.6 Å². The Bertz CT molecular complexity index is 656. The Morgan fingerprint density at radius 1 is 1.29 bits per heavy atom. The molecule has 21 heavy (non-hydrogen) atoms. The number of pyridine rings is 1. The summed E-state index contributed by atoms with van der Waals surface area (Å²) in [6, 6.07) is 2.03. The Labute approximate surface area is 130 Å². The number of rotatable bonds is 5. The van der Waals surface area contributed by atoms with Gasteiger partial charge in [0.15, 0.2) is 5.65 Å². The van der Waals surface area contributed by atoms with Crippen LogP contribution in [0, 0.1) is 24.7 Å². The number of hydrogen-bond donors (Lipinski definition) is 0. The average molecular weight is 304 g/mol. The van der Waals surface area contributed by atoms with Gasteiger partial charge in [-0.1, -0.05) is 0 Å². The summed E-state index contributed by atoms with van der Waals surface area (Å²) in [6.07, 6.45) is 7.53. The molecule has 0 amide bonds. The van der Waals surface area contributed by atoms with Gasteiger partial charge in [-0.25, -0.2) is 9.97 Å². The van der Waals surface area contributed by atoms with E-state index in [0.717, 1.165) is 41.3 Å². The van der Waals surface area contributed by atoms with Crippen LogP contribution in [0.3, 0.4) is 0 Å². The molecule has 0 bridgehead atoms. The molecule has 0 aliphatic heterocycles. The number of aryl methyl sites for hydroxylation is 1. The molecule has 0 radical (unpaired) electrons. The lowest BCUT2D eigenvalue weighted by atomic mass is 9.98. The molecule has 2 aliphatic carbocycles. The van der Waals surface area contributed by atoms with Crippen molar-refractivity contribution < 1.29 is 0 Å². The molecular formula is C17H22ClN3. The van der Waals surface area contributed by atoms with Crippen molar-refractivity contribution >= 4 is 22.8 Å². The van der Waals surface area contributed by atoms with Gasteiger partial charge in [-0.2, -0.15) is 0 Å². The van der Waals surface area contributed by atoms with E-state index < -0.39 is 0 Å². The summed E-state index contributed by atoms with van der Waals surface area (Å²) in [5.41, 5.74) is 3.22. The normalized spacial score (nSPS) is 20.4. The Kier molecular flexibility index (Phi) is 3.21. The first kappa shape index (κ1) is 13.6. The van der Waals surface area contributed by atoms with Crippen molar-refractivity contribution in [2.24, 2.45) is 17.8 Å². The van der Waals surface area contributed by atoms with Gasteiger partial charge in [0.05, 0.1) is 5.38 Å². The first-order valence-electron chi connectivity index (χ1n) is 8.11. The first-order chi connectivity index (χ1) is 10.1. The molecule has 1 atom stereocenters. The number of imidazole rings is 1. The van der Waals surface area contributed by atoms with Crippen LogP contribution in [0.1, 0.15) is 49.4 Å². The van der Waals surface area contributed by atoms with Crippen LogP contribution >= 0.6 is 11.6 Å². The van der Waals surface area contributed by atoms with Gasteiger partial charge in [0.1, 0.15) is 11.3 Å². The Hall–Kier alpha value is -1.09. The number of aromatic nitrogens is 3. The monoisotopic (exact) mass is 303 g/mol. The minimum absolute atomic E-state index is 0.0716. The molecule has 3 nitrogen and oxygen atoms in total. The number of halogens is 1. The number of nitrogens with zero attached hydrogens (tertiary/aromatic N) is 3. The van der Waals surface area contributed by atoms with Crippen molar-refractivity contribution in [2.45, 2.75) is 51.5 Å². The minimum atomic E-state index is -0.0716. The molecule has 2 heterocycles. The highest BCUT2D eigenvalue weighted by atomic mass is 35.5. The highest BCUT2D eigenvalue weighted by molar-refractivity contribution is 6.20. The predicted octanol–water partition coefficient (Wildman–Crippen LogP) is 4.48. The molecule has 2 saturated carbocycles. The molecule has 2 aliphatic rings. The molecule has 0 N–H and O–H groups in total. The second-order valence-electron chi connectivity index (χ2n) is 6.84. The van der Waals surface area contributed by atoms with Crippen molar-refractivity contribution in [1.82, 2.24) is 14.5 Å². The highest BCUT2D eigenvalue weighted by Gasteiger charge is 2.42. The second kappa shape index (κ2) is 4.98. The molecule has 2 aromatic heterocycles. The molecule has 2 aromatic rings. The van der Waals surface area contributed by atoms with Gasteiger partial charge in [0.2, 0.25) is 0 Å². The zero-order chi connectivity index (χ0) is 14.6. The summed E-state index contributed by atoms with van der Waals surface area (Å²) in [5.74, 6) is 3.65. The van der Waals surface area contributed by atoms with Crippen molar-refractivity contribution in [2.75, 3.05) is 0 Å². The van der Waals surface area contributed by atoms with Crippen LogP contribution < -0.4 is 0 Å². The quantitative estimate of drug-likeness (QED) is 0.763. The smallest absolute Gasteiger partial charge is 0.160 e. The van der Waals surface area contributed by atoms with Crippen molar-refractivity contribution in [1.29, 1.82) is 0 Å². The molecule has 1 unspecified atom stereocenters. The maximum Gasteiger partial charge on any atom is 0.160 e. The van der Waals surface area contributed by atoms with E-state index in [-0.39, 0.29) is 5.38 Å². The maximum atomic E-state index is 6.39. The minimum Gasteiger partial charge on any atom is -0.311 e. The lowest BCUT2D eigenvalue weighted by molar-refractivity contribution is 0.347. The number of alkyl halides is 1. The molecule has 4 rings (SSSR count). The summed E-state index contributed by atoms with van der Waals surface area (Å²) < 4.78 is 2.31. The van der Waals surface area contributed by atoms with Crippen molar-refractivity contribution in [3.05, 3.63) is 23.7 Å². The van der Waals surface area contributed by atoms with Gasteiger partial charge in [-0.3, -0.25) is 0 Å². The molecule has 0 spiro atoms. The van der Waals surface area contributed by atoms with Crippen LogP contribution in [0.15, 0.2) is 12.3 Å². The van der Waals surface area contributed by atoms with Crippen LogP contribution in [0.5, 0.6) is 0 Å². The Morgan fingerprint density at radius 2 is 1.95 bits per heavy atom. The van der Waals surface area contributed by atoms with Crippen LogP contribution in [0.25, 0.3) is 11.2 Å². The van der Waals surface area contributed by atoms with Gasteiger partial charge < -0.3 is 4.57 Å². The van der Waals surface area contributed by atoms with Crippen molar-refractivity contribution in [3.8, 4) is 0 Å². The standard InChI is InChI=1S/C17H22ClN3/c1-10-7-8-19-17-15(10)20-16(11(2)18)21(17)9-14(12-3-4-12)13-5-6-13/h7-8,11-14H,3-6,9H2,1-2H3. The van der Waals surface area contributed by atoms with E-state index in [0.29, 0.717) is 0 Å². The van der Waals surface area contributed by atoms with E-state index in [1.807, 2.05) is 19.2 Å². The van der Waals surface area contributed by atoms with E-state index in [1.54, 1.807) is 0 Å². The van der Waals surface area contributed by atoms with Crippen LogP contribution in [-0.2, 0) is 6.54 Å². The summed E-state index contributed by atoms with van der Waals surface area (Å²) in [5, 5.41) is -0.0716. The van der Waals surface area contributed by atoms with E-state index in [9.17, 15) is 0 Å². The first-order valence-corrected chi connectivity index (χ1v) is 8.54. The third-order valence-electron chi connectivity index (χ3n) is 5.07. The van der Waals surface area contributed by atoms with Gasteiger partial charge in [0.25, 0.3) is 0 Å². The summed E-state index contributed by atoms with van der Waals surface area (Å²) >= 11 is 6.39. The lowest BCUT2D eigenvalue weighted by Gasteiger charge is -2.19. The van der Waals surface area contributed by atoms with E-state index in [2.05, 4.69) is 16.5 Å². The molecular weight excluding hydrogens is 282 g/mol. The third kappa shape index (κ3) is 2.46. The fourth-order valence-corrected chi connectivity index (χ4v) is 3.75. The third-order valence-corrected chi connectivity index (χ3v) is 5.26. The summed E-state index contributed by atoms with van der Waals surface area (Å²) in [4.78, 5) is 9.39. The van der Waals surface area contributed by atoms with Crippen LogP contribution in [-0.4, -0.2) is 14.5 Å². The predicted molar refractivity (Wildman–Crippen MR) is 85.5 cm³/mol.